The summed E-state index contributed by atoms with van der Waals surface area (Å²) in [6.07, 6.45) is 2.70. The van der Waals surface area contributed by atoms with Crippen molar-refractivity contribution in [1.29, 1.82) is 0 Å². The van der Waals surface area contributed by atoms with Crippen LogP contribution in [0.3, 0.4) is 0 Å². The lowest BCUT2D eigenvalue weighted by atomic mass is 10.0. The van der Waals surface area contributed by atoms with Gasteiger partial charge in [0.15, 0.2) is 5.82 Å². The van der Waals surface area contributed by atoms with Crippen LogP contribution < -0.4 is 16.0 Å². The van der Waals surface area contributed by atoms with Crippen molar-refractivity contribution in [2.45, 2.75) is 84.2 Å². The molecule has 0 radical (unpaired) electrons. The summed E-state index contributed by atoms with van der Waals surface area (Å²) in [6.45, 7) is 11.4. The third-order valence-corrected chi connectivity index (χ3v) is 7.73. The zero-order valence-corrected chi connectivity index (χ0v) is 28.0. The van der Waals surface area contributed by atoms with Gasteiger partial charge in [-0.3, -0.25) is 14.4 Å². The predicted molar refractivity (Wildman–Crippen MR) is 177 cm³/mol. The summed E-state index contributed by atoms with van der Waals surface area (Å²) < 4.78 is 12.9. The molecular weight excluding hydrogens is 600 g/mol. The van der Waals surface area contributed by atoms with E-state index >= 15 is 0 Å². The lowest BCUT2D eigenvalue weighted by molar-refractivity contribution is -0.132. The van der Waals surface area contributed by atoms with Gasteiger partial charge in [0, 0.05) is 13.1 Å². The summed E-state index contributed by atoms with van der Waals surface area (Å²) in [6, 6.07) is 17.1. The van der Waals surface area contributed by atoms with Crippen molar-refractivity contribution in [2.75, 3.05) is 25.0 Å². The first-order chi connectivity index (χ1) is 22.2. The molecule has 1 saturated heterocycles. The standard InChI is InChI=1S/C35H46N6O6/c1-24-29(36-23-41(24)28(26-17-11-8-12-18-26)31(43)40-19-13-14-20-40)38-30(42)27(22-46-21-25-15-9-7-10-16-25)37-32(44)35(5,6)39-33(45)47-34(2,3)4/h7-12,15-18,23,27-28H,13-14,19-22H2,1-6H3,(H,37,44)(H,38,42)(H,39,45)/t27-,28?/m1/s1. The molecule has 4 rings (SSSR count). The van der Waals surface area contributed by atoms with Gasteiger partial charge in [0.25, 0.3) is 5.91 Å². The maximum absolute atomic E-state index is 13.7. The van der Waals surface area contributed by atoms with E-state index in [-0.39, 0.29) is 24.9 Å². The van der Waals surface area contributed by atoms with Crippen molar-refractivity contribution in [2.24, 2.45) is 0 Å². The van der Waals surface area contributed by atoms with Crippen molar-refractivity contribution in [3.05, 3.63) is 83.8 Å². The number of alkyl carbamates (subject to hydrolysis) is 1. The van der Waals surface area contributed by atoms with E-state index in [1.165, 1.54) is 13.8 Å². The van der Waals surface area contributed by atoms with E-state index in [0.29, 0.717) is 18.8 Å². The molecule has 0 saturated carbocycles. The number of carbonyl (C=O) groups excluding carboxylic acids is 4. The molecule has 1 aromatic heterocycles. The Hall–Kier alpha value is -4.71. The molecule has 4 amide bonds. The minimum Gasteiger partial charge on any atom is -0.444 e. The van der Waals surface area contributed by atoms with E-state index in [0.717, 1.165) is 24.0 Å². The van der Waals surface area contributed by atoms with Gasteiger partial charge in [0.1, 0.15) is 23.2 Å². The smallest absolute Gasteiger partial charge is 0.408 e. The number of nitrogens with one attached hydrogen (secondary N) is 3. The molecule has 1 aliphatic heterocycles. The van der Waals surface area contributed by atoms with Crippen LogP contribution in [0.2, 0.25) is 0 Å². The third kappa shape index (κ3) is 9.65. The molecule has 252 valence electrons. The molecule has 1 unspecified atom stereocenters. The fourth-order valence-electron chi connectivity index (χ4n) is 5.18. The van der Waals surface area contributed by atoms with Crippen LogP contribution in [0.15, 0.2) is 67.0 Å². The summed E-state index contributed by atoms with van der Waals surface area (Å²) in [4.78, 5) is 59.6. The van der Waals surface area contributed by atoms with Gasteiger partial charge in [-0.25, -0.2) is 9.78 Å². The minimum atomic E-state index is -1.42. The Kier molecular flexibility index (Phi) is 11.4. The topological polar surface area (TPSA) is 144 Å². The average Bonchev–Trinajstić information content (AvgIpc) is 3.67. The highest BCUT2D eigenvalue weighted by Gasteiger charge is 2.35. The lowest BCUT2D eigenvalue weighted by Gasteiger charge is -2.29. The first kappa shape index (κ1) is 35.1. The summed E-state index contributed by atoms with van der Waals surface area (Å²) in [5, 5.41) is 8.11. The zero-order chi connectivity index (χ0) is 34.2. The summed E-state index contributed by atoms with van der Waals surface area (Å²) in [5.41, 5.74) is 0.0962. The minimum absolute atomic E-state index is 0.0359. The third-order valence-electron chi connectivity index (χ3n) is 7.73. The van der Waals surface area contributed by atoms with Crippen LogP contribution >= 0.6 is 0 Å². The number of hydrogen-bond donors (Lipinski definition) is 3. The molecule has 12 heteroatoms. The SMILES string of the molecule is Cc1c(NC(=O)[C@@H](COCc2ccccc2)NC(=O)C(C)(C)NC(=O)OC(C)(C)C)ncn1C(C(=O)N1CCCC1)c1ccccc1. The quantitative estimate of drug-likeness (QED) is 0.266. The predicted octanol–water partition coefficient (Wildman–Crippen LogP) is 4.35. The number of aromatic nitrogens is 2. The Morgan fingerprint density at radius 1 is 0.915 bits per heavy atom. The number of amides is 4. The van der Waals surface area contributed by atoms with Gasteiger partial charge in [0.05, 0.1) is 25.2 Å². The number of rotatable bonds is 12. The number of imidazole rings is 1. The zero-order valence-electron chi connectivity index (χ0n) is 28.0. The van der Waals surface area contributed by atoms with Crippen LogP contribution in [0, 0.1) is 6.92 Å². The van der Waals surface area contributed by atoms with E-state index in [1.807, 2.05) is 65.6 Å². The summed E-state index contributed by atoms with van der Waals surface area (Å²) in [5.74, 6) is -0.978. The number of anilines is 1. The Balaban J connectivity index is 1.53. The van der Waals surface area contributed by atoms with Crippen molar-refractivity contribution in [3.63, 3.8) is 0 Å². The average molecular weight is 647 g/mol. The van der Waals surface area contributed by atoms with E-state index < -0.39 is 41.1 Å². The van der Waals surface area contributed by atoms with Gasteiger partial charge in [-0.2, -0.15) is 0 Å². The van der Waals surface area contributed by atoms with E-state index in [4.69, 9.17) is 9.47 Å². The molecule has 2 aromatic carbocycles. The Morgan fingerprint density at radius 2 is 1.53 bits per heavy atom. The largest absolute Gasteiger partial charge is 0.444 e. The van der Waals surface area contributed by atoms with Crippen LogP contribution in [0.5, 0.6) is 0 Å². The van der Waals surface area contributed by atoms with Crippen LogP contribution in [-0.4, -0.2) is 75.1 Å². The highest BCUT2D eigenvalue weighted by Crippen LogP contribution is 2.27. The molecule has 1 fully saturated rings. The first-order valence-electron chi connectivity index (χ1n) is 15.9. The second-order valence-electron chi connectivity index (χ2n) is 13.2. The second kappa shape index (κ2) is 15.3. The Labute approximate surface area is 276 Å². The molecule has 3 aromatic rings. The number of ether oxygens (including phenoxy) is 2. The summed E-state index contributed by atoms with van der Waals surface area (Å²) in [7, 11) is 0. The van der Waals surface area contributed by atoms with Gasteiger partial charge < -0.3 is 34.9 Å². The van der Waals surface area contributed by atoms with Crippen LogP contribution in [-0.2, 0) is 30.5 Å². The Bertz CT molecular complexity index is 1530. The molecule has 12 nitrogen and oxygen atoms in total. The molecule has 0 aliphatic carbocycles. The second-order valence-corrected chi connectivity index (χ2v) is 13.2. The van der Waals surface area contributed by atoms with Crippen LogP contribution in [0.25, 0.3) is 0 Å². The fraction of sp³-hybridized carbons (Fsp3) is 0.457. The van der Waals surface area contributed by atoms with Crippen molar-refractivity contribution in [3.8, 4) is 0 Å². The van der Waals surface area contributed by atoms with E-state index in [9.17, 15) is 19.2 Å². The summed E-state index contributed by atoms with van der Waals surface area (Å²) >= 11 is 0. The van der Waals surface area contributed by atoms with Crippen LogP contribution in [0.1, 0.15) is 70.3 Å². The molecule has 1 aliphatic rings. The van der Waals surface area contributed by atoms with Gasteiger partial charge in [-0.1, -0.05) is 60.7 Å². The number of carbonyl (C=O) groups is 4. The van der Waals surface area contributed by atoms with Crippen molar-refractivity contribution < 1.29 is 28.7 Å². The van der Waals surface area contributed by atoms with Crippen molar-refractivity contribution >= 4 is 29.6 Å². The Morgan fingerprint density at radius 3 is 2.15 bits per heavy atom. The van der Waals surface area contributed by atoms with Gasteiger partial charge in [0.2, 0.25) is 11.8 Å². The van der Waals surface area contributed by atoms with Crippen LogP contribution in [0.4, 0.5) is 10.6 Å². The molecule has 2 atom stereocenters. The van der Waals surface area contributed by atoms with E-state index in [1.54, 1.807) is 38.6 Å². The number of hydrogen-bond acceptors (Lipinski definition) is 7. The van der Waals surface area contributed by atoms with Gasteiger partial charge in [-0.15, -0.1) is 0 Å². The maximum Gasteiger partial charge on any atom is 0.408 e. The molecule has 3 N–H and O–H groups in total. The first-order valence-corrected chi connectivity index (χ1v) is 15.9. The molecule has 0 bridgehead atoms. The lowest BCUT2D eigenvalue weighted by Crippen LogP contribution is -2.59. The highest BCUT2D eigenvalue weighted by atomic mass is 16.6. The molecular formula is C35H46N6O6. The van der Waals surface area contributed by atoms with Gasteiger partial charge >= 0.3 is 6.09 Å². The number of benzene rings is 2. The van der Waals surface area contributed by atoms with Gasteiger partial charge in [-0.05, 0) is 65.5 Å². The maximum atomic E-state index is 13.7. The van der Waals surface area contributed by atoms with E-state index in [2.05, 4.69) is 20.9 Å². The fourth-order valence-corrected chi connectivity index (χ4v) is 5.18. The molecule has 0 spiro atoms. The monoisotopic (exact) mass is 646 g/mol. The number of likely N-dealkylation sites (tertiary alicyclic amines) is 1. The number of nitrogens with zero attached hydrogens (tertiary/aromatic N) is 3. The van der Waals surface area contributed by atoms with Crippen molar-refractivity contribution in [1.82, 2.24) is 25.1 Å². The molecule has 2 heterocycles. The normalized spacial score (nSPS) is 14.6. The highest BCUT2D eigenvalue weighted by molar-refractivity contribution is 5.99. The molecule has 47 heavy (non-hydrogen) atoms.